The lowest BCUT2D eigenvalue weighted by Crippen LogP contribution is -2.12. The second kappa shape index (κ2) is 5.19. The van der Waals surface area contributed by atoms with E-state index in [1.165, 1.54) is 12.1 Å². The van der Waals surface area contributed by atoms with Crippen molar-refractivity contribution in [3.8, 4) is 0 Å². The van der Waals surface area contributed by atoms with Crippen LogP contribution in [-0.4, -0.2) is 9.55 Å². The van der Waals surface area contributed by atoms with Crippen molar-refractivity contribution in [2.24, 2.45) is 0 Å². The minimum absolute atomic E-state index is 0.109. The molecule has 0 bridgehead atoms. The van der Waals surface area contributed by atoms with E-state index in [0.717, 1.165) is 18.2 Å². The highest BCUT2D eigenvalue weighted by atomic mass is 19.4. The van der Waals surface area contributed by atoms with Gasteiger partial charge in [0.1, 0.15) is 5.82 Å². The van der Waals surface area contributed by atoms with E-state index in [1.54, 1.807) is 17.7 Å². The first-order valence-electron chi connectivity index (χ1n) is 6.29. The monoisotopic (exact) mass is 283 g/mol. The predicted molar refractivity (Wildman–Crippen MR) is 71.3 cm³/mol. The van der Waals surface area contributed by atoms with Gasteiger partial charge < -0.3 is 10.3 Å². The molecule has 2 rings (SSSR count). The second-order valence-electron chi connectivity index (χ2n) is 4.68. The standard InChI is InChI=1S/C14H16F3N3/c1-3-12-8-20(9(2)19-12)7-10-4-5-11(18)6-13(10)14(15,16)17/h4-6,8H,3,7,18H2,1-2H3. The second-order valence-corrected chi connectivity index (χ2v) is 4.68. The van der Waals surface area contributed by atoms with Crippen LogP contribution in [0.15, 0.2) is 24.4 Å². The van der Waals surface area contributed by atoms with Crippen molar-refractivity contribution in [2.75, 3.05) is 5.73 Å². The highest BCUT2D eigenvalue weighted by Gasteiger charge is 2.33. The van der Waals surface area contributed by atoms with Crippen LogP contribution in [0, 0.1) is 6.92 Å². The number of imidazole rings is 1. The number of hydrogen-bond acceptors (Lipinski definition) is 2. The topological polar surface area (TPSA) is 43.8 Å². The van der Waals surface area contributed by atoms with Gasteiger partial charge in [0.2, 0.25) is 0 Å². The summed E-state index contributed by atoms with van der Waals surface area (Å²) in [5.41, 5.74) is 5.93. The zero-order valence-electron chi connectivity index (χ0n) is 11.3. The Morgan fingerprint density at radius 1 is 1.30 bits per heavy atom. The van der Waals surface area contributed by atoms with E-state index in [-0.39, 0.29) is 17.8 Å². The largest absolute Gasteiger partial charge is 0.416 e. The number of nitrogens with zero attached hydrogens (tertiary/aromatic N) is 2. The highest BCUT2D eigenvalue weighted by molar-refractivity contribution is 5.46. The van der Waals surface area contributed by atoms with Crippen molar-refractivity contribution >= 4 is 5.69 Å². The van der Waals surface area contributed by atoms with E-state index in [9.17, 15) is 13.2 Å². The van der Waals surface area contributed by atoms with Crippen LogP contribution in [0.5, 0.6) is 0 Å². The van der Waals surface area contributed by atoms with Gasteiger partial charge in [0.15, 0.2) is 0 Å². The third-order valence-electron chi connectivity index (χ3n) is 3.17. The molecule has 0 radical (unpaired) electrons. The number of alkyl halides is 3. The Morgan fingerprint density at radius 3 is 2.55 bits per heavy atom. The number of anilines is 1. The Bertz CT molecular complexity index is 615. The zero-order chi connectivity index (χ0) is 14.9. The summed E-state index contributed by atoms with van der Waals surface area (Å²) in [6.45, 7) is 3.87. The number of rotatable bonds is 3. The summed E-state index contributed by atoms with van der Waals surface area (Å²) in [5.74, 6) is 0.701. The molecule has 0 atom stereocenters. The molecule has 0 saturated heterocycles. The lowest BCUT2D eigenvalue weighted by molar-refractivity contribution is -0.138. The maximum atomic E-state index is 13.0. The van der Waals surface area contributed by atoms with Crippen LogP contribution in [0.3, 0.4) is 0 Å². The Kier molecular flexibility index (Phi) is 3.74. The van der Waals surface area contributed by atoms with E-state index in [0.29, 0.717) is 5.82 Å². The average Bonchev–Trinajstić information content (AvgIpc) is 2.71. The average molecular weight is 283 g/mol. The lowest BCUT2D eigenvalue weighted by atomic mass is 10.1. The third-order valence-corrected chi connectivity index (χ3v) is 3.17. The fourth-order valence-electron chi connectivity index (χ4n) is 2.08. The molecule has 1 heterocycles. The molecule has 6 heteroatoms. The molecule has 1 aromatic carbocycles. The Morgan fingerprint density at radius 2 is 2.00 bits per heavy atom. The molecule has 2 N–H and O–H groups in total. The molecule has 3 nitrogen and oxygen atoms in total. The van der Waals surface area contributed by atoms with Gasteiger partial charge in [-0.2, -0.15) is 13.2 Å². The van der Waals surface area contributed by atoms with E-state index in [1.807, 2.05) is 6.92 Å². The van der Waals surface area contributed by atoms with Crippen molar-refractivity contribution in [1.82, 2.24) is 9.55 Å². The summed E-state index contributed by atoms with van der Waals surface area (Å²) in [6, 6.07) is 3.88. The Labute approximate surface area is 115 Å². The summed E-state index contributed by atoms with van der Waals surface area (Å²) >= 11 is 0. The Hall–Kier alpha value is -1.98. The van der Waals surface area contributed by atoms with E-state index < -0.39 is 11.7 Å². The maximum absolute atomic E-state index is 13.0. The molecule has 0 aliphatic carbocycles. The summed E-state index contributed by atoms with van der Waals surface area (Å²) in [7, 11) is 0. The molecule has 0 aliphatic heterocycles. The van der Waals surface area contributed by atoms with Crippen LogP contribution in [-0.2, 0) is 19.1 Å². The van der Waals surface area contributed by atoms with Gasteiger partial charge in [0.25, 0.3) is 0 Å². The van der Waals surface area contributed by atoms with Crippen molar-refractivity contribution in [2.45, 2.75) is 33.0 Å². The molecular weight excluding hydrogens is 267 g/mol. The first-order chi connectivity index (χ1) is 9.31. The zero-order valence-corrected chi connectivity index (χ0v) is 11.3. The minimum atomic E-state index is -4.41. The number of benzene rings is 1. The molecule has 0 fully saturated rings. The van der Waals surface area contributed by atoms with Crippen LogP contribution < -0.4 is 5.73 Å². The smallest absolute Gasteiger partial charge is 0.399 e. The fraction of sp³-hybridized carbons (Fsp3) is 0.357. The van der Waals surface area contributed by atoms with Crippen LogP contribution in [0.25, 0.3) is 0 Å². The van der Waals surface area contributed by atoms with Crippen molar-refractivity contribution in [1.29, 1.82) is 0 Å². The summed E-state index contributed by atoms with van der Waals surface area (Å²) in [6.07, 6.45) is -1.87. The predicted octanol–water partition coefficient (Wildman–Crippen LogP) is 3.40. The highest BCUT2D eigenvalue weighted by Crippen LogP contribution is 2.33. The number of hydrogen-bond donors (Lipinski definition) is 1. The maximum Gasteiger partial charge on any atom is 0.416 e. The molecule has 2 aromatic rings. The Balaban J connectivity index is 2.40. The molecule has 0 saturated carbocycles. The van der Waals surface area contributed by atoms with Crippen LogP contribution in [0.4, 0.5) is 18.9 Å². The number of nitrogen functional groups attached to an aromatic ring is 1. The van der Waals surface area contributed by atoms with Gasteiger partial charge in [-0.3, -0.25) is 0 Å². The van der Waals surface area contributed by atoms with Gasteiger partial charge in [0.05, 0.1) is 11.3 Å². The lowest BCUT2D eigenvalue weighted by Gasteiger charge is -2.14. The van der Waals surface area contributed by atoms with Crippen LogP contribution >= 0.6 is 0 Å². The summed E-state index contributed by atoms with van der Waals surface area (Å²) in [5, 5.41) is 0. The third kappa shape index (κ3) is 2.95. The van der Waals surface area contributed by atoms with Crippen molar-refractivity contribution < 1.29 is 13.2 Å². The number of aromatic nitrogens is 2. The van der Waals surface area contributed by atoms with Gasteiger partial charge in [0, 0.05) is 18.4 Å². The SMILES string of the molecule is CCc1cn(Cc2ccc(N)cc2C(F)(F)F)c(C)n1. The number of halogens is 3. The van der Waals surface area contributed by atoms with E-state index >= 15 is 0 Å². The quantitative estimate of drug-likeness (QED) is 0.877. The fourth-order valence-corrected chi connectivity index (χ4v) is 2.08. The number of aryl methyl sites for hydroxylation is 2. The normalized spacial score (nSPS) is 11.8. The van der Waals surface area contributed by atoms with Crippen molar-refractivity contribution in [3.63, 3.8) is 0 Å². The van der Waals surface area contributed by atoms with Gasteiger partial charge >= 0.3 is 6.18 Å². The summed E-state index contributed by atoms with van der Waals surface area (Å²) < 4.78 is 40.8. The van der Waals surface area contributed by atoms with E-state index in [2.05, 4.69) is 4.98 Å². The van der Waals surface area contributed by atoms with Gasteiger partial charge in [-0.05, 0) is 31.0 Å². The molecule has 0 spiro atoms. The van der Waals surface area contributed by atoms with Crippen LogP contribution in [0.2, 0.25) is 0 Å². The molecule has 0 aliphatic rings. The van der Waals surface area contributed by atoms with E-state index in [4.69, 9.17) is 5.73 Å². The molecule has 0 amide bonds. The minimum Gasteiger partial charge on any atom is -0.399 e. The number of nitrogens with two attached hydrogens (primary N) is 1. The van der Waals surface area contributed by atoms with Crippen LogP contribution in [0.1, 0.15) is 29.6 Å². The first-order valence-corrected chi connectivity index (χ1v) is 6.29. The summed E-state index contributed by atoms with van der Waals surface area (Å²) in [4.78, 5) is 4.29. The molecule has 108 valence electrons. The van der Waals surface area contributed by atoms with Gasteiger partial charge in [-0.1, -0.05) is 13.0 Å². The van der Waals surface area contributed by atoms with Gasteiger partial charge in [-0.15, -0.1) is 0 Å². The molecule has 1 aromatic heterocycles. The molecule has 20 heavy (non-hydrogen) atoms. The first kappa shape index (κ1) is 14.4. The molecule has 0 unspecified atom stereocenters. The van der Waals surface area contributed by atoms with Crippen molar-refractivity contribution in [3.05, 3.63) is 47.0 Å². The van der Waals surface area contributed by atoms with Gasteiger partial charge in [-0.25, -0.2) is 4.98 Å². The molecular formula is C14H16F3N3.